The van der Waals surface area contributed by atoms with E-state index in [0.29, 0.717) is 25.8 Å². The van der Waals surface area contributed by atoms with Crippen LogP contribution in [0.3, 0.4) is 0 Å². The van der Waals surface area contributed by atoms with Crippen LogP contribution >= 0.6 is 0 Å². The molecule has 0 saturated heterocycles. The summed E-state index contributed by atoms with van der Waals surface area (Å²) < 4.78 is 5.15. The maximum Gasteiger partial charge on any atom is 0.271 e. The molecule has 0 bridgehead atoms. The molecule has 0 radical (unpaired) electrons. The number of aliphatic hydroxyl groups excluding tert-OH is 5. The summed E-state index contributed by atoms with van der Waals surface area (Å²) in [5, 5.41) is 58.3. The van der Waals surface area contributed by atoms with Crippen molar-refractivity contribution >= 4 is 5.69 Å². The molecular formula is C15H25NO9. The zero-order valence-corrected chi connectivity index (χ0v) is 13.7. The van der Waals surface area contributed by atoms with Crippen LogP contribution in [0.25, 0.3) is 0 Å². The van der Waals surface area contributed by atoms with Crippen molar-refractivity contribution in [2.75, 3.05) is 31.7 Å². The average molecular weight is 363 g/mol. The average Bonchev–Trinajstić information content (AvgIpc) is 2.63. The van der Waals surface area contributed by atoms with Crippen LogP contribution in [0.5, 0.6) is 5.75 Å². The number of hydrogen-bond donors (Lipinski definition) is 7. The first kappa shape index (κ1) is 21.5. The van der Waals surface area contributed by atoms with Crippen LogP contribution in [-0.4, -0.2) is 81.4 Å². The summed E-state index contributed by atoms with van der Waals surface area (Å²) >= 11 is 0. The molecule has 144 valence electrons. The Morgan fingerprint density at radius 3 is 2.16 bits per heavy atom. The lowest BCUT2D eigenvalue weighted by Crippen LogP contribution is -2.47. The molecule has 4 atom stereocenters. The minimum Gasteiger partial charge on any atom is -0.502 e. The zero-order valence-electron chi connectivity index (χ0n) is 13.7. The van der Waals surface area contributed by atoms with Gasteiger partial charge in [0.2, 0.25) is 0 Å². The second kappa shape index (κ2) is 10.4. The molecular weight excluding hydrogens is 338 g/mol. The number of aromatic hydroxyl groups is 1. The van der Waals surface area contributed by atoms with Gasteiger partial charge in [0.1, 0.15) is 30.1 Å². The molecule has 0 saturated carbocycles. The van der Waals surface area contributed by atoms with E-state index in [1.807, 2.05) is 0 Å². The Bertz CT molecular complexity index is 584. The Kier molecular flexibility index (Phi) is 8.97. The monoisotopic (exact) mass is 363 g/mol. The molecule has 0 aliphatic rings. The van der Waals surface area contributed by atoms with Crippen LogP contribution in [0.1, 0.15) is 19.3 Å². The summed E-state index contributed by atoms with van der Waals surface area (Å²) in [7, 11) is 0. The Balaban J connectivity index is 2.06. The van der Waals surface area contributed by atoms with Crippen molar-refractivity contribution in [3.8, 4) is 5.75 Å². The summed E-state index contributed by atoms with van der Waals surface area (Å²) in [5.41, 5.74) is -1.66. The number of rotatable bonds is 13. The van der Waals surface area contributed by atoms with Crippen molar-refractivity contribution in [2.45, 2.75) is 43.7 Å². The molecule has 0 amide bonds. The van der Waals surface area contributed by atoms with Crippen LogP contribution in [0.4, 0.5) is 5.69 Å². The van der Waals surface area contributed by atoms with Gasteiger partial charge in [0.25, 0.3) is 10.9 Å². The highest BCUT2D eigenvalue weighted by atomic mass is 16.5. The van der Waals surface area contributed by atoms with E-state index in [2.05, 4.69) is 5.32 Å². The quantitative estimate of drug-likeness (QED) is 0.141. The molecule has 7 N–H and O–H groups in total. The number of nitrogens with one attached hydrogen (secondary N) is 1. The first-order valence-electron chi connectivity index (χ1n) is 7.98. The van der Waals surface area contributed by atoms with Crippen LogP contribution in [0.2, 0.25) is 0 Å². The fourth-order valence-corrected chi connectivity index (χ4v) is 2.13. The van der Waals surface area contributed by atoms with E-state index < -0.39 is 47.6 Å². The molecule has 0 aliphatic carbocycles. The highest BCUT2D eigenvalue weighted by Crippen LogP contribution is 2.14. The van der Waals surface area contributed by atoms with Crippen molar-refractivity contribution in [3.05, 3.63) is 20.4 Å². The molecule has 0 fully saturated rings. The molecule has 0 heterocycles. The molecule has 25 heavy (non-hydrogen) atoms. The summed E-state index contributed by atoms with van der Waals surface area (Å²) in [4.78, 5) is 21.8. The minimum atomic E-state index is -1.68. The molecule has 1 rings (SSSR count). The lowest BCUT2D eigenvalue weighted by Gasteiger charge is -2.25. The van der Waals surface area contributed by atoms with Crippen molar-refractivity contribution in [1.29, 1.82) is 0 Å². The third kappa shape index (κ3) is 6.03. The maximum atomic E-state index is 11.1. The molecule has 1 aromatic carbocycles. The first-order chi connectivity index (χ1) is 11.8. The van der Waals surface area contributed by atoms with Crippen LogP contribution < -0.4 is 16.2 Å². The van der Waals surface area contributed by atoms with Gasteiger partial charge in [0.15, 0.2) is 5.75 Å². The van der Waals surface area contributed by atoms with E-state index in [4.69, 9.17) is 20.1 Å². The van der Waals surface area contributed by atoms with Gasteiger partial charge in [0.05, 0.1) is 13.2 Å². The smallest absolute Gasteiger partial charge is 0.271 e. The van der Waals surface area contributed by atoms with Crippen molar-refractivity contribution < 1.29 is 35.4 Å². The first-order valence-corrected chi connectivity index (χ1v) is 7.98. The SMILES string of the molecule is O=c1c(O)c(NCCCCCOC[C@@H](O)[C@@H](O)[C@H](O)[C@H](O)CO)c1=O. The number of ether oxygens (including phenoxy) is 1. The fraction of sp³-hybridized carbons (Fsp3) is 0.733. The number of anilines is 1. The topological polar surface area (TPSA) is 177 Å². The predicted molar refractivity (Wildman–Crippen MR) is 87.3 cm³/mol. The molecule has 0 aliphatic heterocycles. The lowest BCUT2D eigenvalue weighted by molar-refractivity contribution is -0.129. The van der Waals surface area contributed by atoms with E-state index in [9.17, 15) is 24.9 Å². The van der Waals surface area contributed by atoms with E-state index in [1.165, 1.54) is 0 Å². The van der Waals surface area contributed by atoms with E-state index in [-0.39, 0.29) is 18.9 Å². The Hall–Kier alpha value is -1.56. The molecule has 10 nitrogen and oxygen atoms in total. The van der Waals surface area contributed by atoms with E-state index >= 15 is 0 Å². The number of aliphatic hydroxyl groups is 5. The fourth-order valence-electron chi connectivity index (χ4n) is 2.13. The summed E-state index contributed by atoms with van der Waals surface area (Å²) in [6, 6.07) is 0. The second-order valence-corrected chi connectivity index (χ2v) is 5.74. The van der Waals surface area contributed by atoms with Crippen molar-refractivity contribution in [3.63, 3.8) is 0 Å². The van der Waals surface area contributed by atoms with Crippen molar-refractivity contribution in [2.24, 2.45) is 0 Å². The standard InChI is InChI=1S/C15H25NO9/c17-6-8(18)11(20)12(21)9(19)7-25-5-3-1-2-4-16-10-13(22)15(24)14(10)23/h8-9,11-12,16-22H,1-7H2/t8-,9-,11-,12-/m1/s1. The van der Waals surface area contributed by atoms with Gasteiger partial charge in [-0.15, -0.1) is 0 Å². The van der Waals surface area contributed by atoms with E-state index in [0.717, 1.165) is 0 Å². The number of hydrogen-bond acceptors (Lipinski definition) is 10. The van der Waals surface area contributed by atoms with Crippen LogP contribution in [0.15, 0.2) is 9.59 Å². The van der Waals surface area contributed by atoms with Gasteiger partial charge in [-0.2, -0.15) is 0 Å². The van der Waals surface area contributed by atoms with Gasteiger partial charge >= 0.3 is 0 Å². The van der Waals surface area contributed by atoms with Crippen LogP contribution in [-0.2, 0) is 4.74 Å². The molecule has 0 spiro atoms. The van der Waals surface area contributed by atoms with Gasteiger partial charge in [-0.1, -0.05) is 0 Å². The third-order valence-electron chi connectivity index (χ3n) is 3.77. The van der Waals surface area contributed by atoms with Crippen molar-refractivity contribution in [1.82, 2.24) is 0 Å². The van der Waals surface area contributed by atoms with Gasteiger partial charge in [-0.25, -0.2) is 0 Å². The third-order valence-corrected chi connectivity index (χ3v) is 3.77. The minimum absolute atomic E-state index is 0.0537. The van der Waals surface area contributed by atoms with E-state index in [1.54, 1.807) is 0 Å². The molecule has 0 unspecified atom stereocenters. The van der Waals surface area contributed by atoms with Crippen LogP contribution in [0, 0.1) is 0 Å². The normalized spacial score (nSPS) is 16.5. The maximum absolute atomic E-state index is 11.1. The highest BCUT2D eigenvalue weighted by Gasteiger charge is 2.29. The summed E-state index contributed by atoms with van der Waals surface area (Å²) in [6.07, 6.45) is -4.28. The molecule has 0 aromatic heterocycles. The Morgan fingerprint density at radius 1 is 0.920 bits per heavy atom. The number of unbranched alkanes of at least 4 members (excludes halogenated alkanes) is 2. The largest absolute Gasteiger partial charge is 0.502 e. The summed E-state index contributed by atoms with van der Waals surface area (Å²) in [5.74, 6) is -0.533. The predicted octanol–water partition coefficient (Wildman–Crippen LogP) is -2.98. The zero-order chi connectivity index (χ0) is 19.0. The van der Waals surface area contributed by atoms with Gasteiger partial charge in [0, 0.05) is 13.2 Å². The molecule has 1 aromatic rings. The molecule has 10 heteroatoms. The Morgan fingerprint density at radius 2 is 1.56 bits per heavy atom. The van der Waals surface area contributed by atoms with Gasteiger partial charge < -0.3 is 40.7 Å². The Labute approximate surface area is 143 Å². The lowest BCUT2D eigenvalue weighted by atomic mass is 10.0. The highest BCUT2D eigenvalue weighted by molar-refractivity contribution is 5.60. The second-order valence-electron chi connectivity index (χ2n) is 5.74. The summed E-state index contributed by atoms with van der Waals surface area (Å²) in [6.45, 7) is -0.293. The van der Waals surface area contributed by atoms with Gasteiger partial charge in [-0.05, 0) is 19.3 Å². The van der Waals surface area contributed by atoms with Gasteiger partial charge in [-0.3, -0.25) is 9.59 Å².